The molecular weight excluding hydrogens is 230 g/mol. The molecule has 2 rings (SSSR count). The Morgan fingerprint density at radius 3 is 2.83 bits per heavy atom. The molecule has 0 aromatic carbocycles. The van der Waals surface area contributed by atoms with E-state index >= 15 is 0 Å². The van der Waals surface area contributed by atoms with Crippen molar-refractivity contribution in [3.05, 3.63) is 23.7 Å². The maximum Gasteiger partial charge on any atom is 0.234 e. The van der Waals surface area contributed by atoms with Crippen LogP contribution in [0.3, 0.4) is 0 Å². The van der Waals surface area contributed by atoms with Gasteiger partial charge in [-0.3, -0.25) is 9.69 Å². The van der Waals surface area contributed by atoms with Crippen molar-refractivity contribution in [1.82, 2.24) is 10.2 Å². The number of hydrogen-bond donors (Lipinski definition) is 2. The highest BCUT2D eigenvalue weighted by Gasteiger charge is 2.18. The predicted octanol–water partition coefficient (Wildman–Crippen LogP) is 0.627. The number of carbonyl (C=O) groups is 1. The summed E-state index contributed by atoms with van der Waals surface area (Å²) in [7, 11) is 0. The molecule has 18 heavy (non-hydrogen) atoms. The summed E-state index contributed by atoms with van der Waals surface area (Å²) in [6, 6.07) is 4.08. The fourth-order valence-electron chi connectivity index (χ4n) is 2.14. The van der Waals surface area contributed by atoms with Gasteiger partial charge in [-0.25, -0.2) is 0 Å². The molecule has 0 atom stereocenters. The van der Waals surface area contributed by atoms with Crippen molar-refractivity contribution >= 4 is 5.91 Å². The first kappa shape index (κ1) is 13.1. The lowest BCUT2D eigenvalue weighted by Crippen LogP contribution is -2.44. The van der Waals surface area contributed by atoms with Crippen molar-refractivity contribution in [1.29, 1.82) is 0 Å². The number of piperidine rings is 1. The molecule has 1 aliphatic rings. The summed E-state index contributed by atoms with van der Waals surface area (Å²) in [6.07, 6.45) is 1.95. The van der Waals surface area contributed by atoms with E-state index in [1.165, 1.54) is 0 Å². The largest absolute Gasteiger partial charge is 0.465 e. The van der Waals surface area contributed by atoms with Gasteiger partial charge in [0.2, 0.25) is 5.91 Å². The number of furan rings is 1. The van der Waals surface area contributed by atoms with Gasteiger partial charge in [0, 0.05) is 19.1 Å². The van der Waals surface area contributed by atoms with Gasteiger partial charge in [0.15, 0.2) is 0 Å². The molecule has 1 amide bonds. The minimum Gasteiger partial charge on any atom is -0.465 e. The fraction of sp³-hybridized carbons (Fsp3) is 0.615. The zero-order valence-electron chi connectivity index (χ0n) is 10.8. The summed E-state index contributed by atoms with van der Waals surface area (Å²) in [5, 5.41) is 2.87. The van der Waals surface area contributed by atoms with E-state index < -0.39 is 0 Å². The van der Waals surface area contributed by atoms with Crippen LogP contribution in [-0.4, -0.2) is 36.5 Å². The van der Waals surface area contributed by atoms with E-state index in [-0.39, 0.29) is 5.91 Å². The van der Waals surface area contributed by atoms with Crippen LogP contribution in [0.5, 0.6) is 0 Å². The average Bonchev–Trinajstić information content (AvgIpc) is 2.76. The van der Waals surface area contributed by atoms with Gasteiger partial charge in [-0.1, -0.05) is 0 Å². The number of likely N-dealkylation sites (tertiary alicyclic amines) is 1. The van der Waals surface area contributed by atoms with Crippen molar-refractivity contribution in [3.8, 4) is 0 Å². The van der Waals surface area contributed by atoms with E-state index in [0.717, 1.165) is 37.5 Å². The third kappa shape index (κ3) is 3.85. The number of nitrogens with zero attached hydrogens (tertiary/aromatic N) is 1. The smallest absolute Gasteiger partial charge is 0.234 e. The third-order valence-corrected chi connectivity index (χ3v) is 3.26. The van der Waals surface area contributed by atoms with Gasteiger partial charge >= 0.3 is 0 Å². The highest BCUT2D eigenvalue weighted by molar-refractivity contribution is 5.77. The maximum atomic E-state index is 11.7. The zero-order valence-corrected chi connectivity index (χ0v) is 10.8. The van der Waals surface area contributed by atoms with Gasteiger partial charge in [0.1, 0.15) is 11.5 Å². The summed E-state index contributed by atoms with van der Waals surface area (Å²) in [5.74, 6) is 1.70. The van der Waals surface area contributed by atoms with Gasteiger partial charge in [-0.15, -0.1) is 0 Å². The normalized spacial score (nSPS) is 17.9. The zero-order chi connectivity index (χ0) is 13.0. The minimum absolute atomic E-state index is 0.0412. The van der Waals surface area contributed by atoms with Gasteiger partial charge in [-0.2, -0.15) is 0 Å². The lowest BCUT2D eigenvalue weighted by molar-refractivity contribution is -0.122. The summed E-state index contributed by atoms with van der Waals surface area (Å²) < 4.78 is 5.39. The highest BCUT2D eigenvalue weighted by atomic mass is 16.3. The molecule has 1 aromatic heterocycles. The second-order valence-electron chi connectivity index (χ2n) is 4.90. The molecule has 1 aliphatic heterocycles. The number of nitrogens with two attached hydrogens (primary N) is 1. The maximum absolute atomic E-state index is 11.7. The molecule has 2 heterocycles. The quantitative estimate of drug-likeness (QED) is 0.823. The summed E-state index contributed by atoms with van der Waals surface area (Å²) in [5.41, 5.74) is 5.83. The monoisotopic (exact) mass is 251 g/mol. The van der Waals surface area contributed by atoms with Crippen LogP contribution in [0.2, 0.25) is 0 Å². The minimum atomic E-state index is 0.0412. The van der Waals surface area contributed by atoms with Gasteiger partial charge < -0.3 is 15.5 Å². The lowest BCUT2D eigenvalue weighted by atomic mass is 10.1. The van der Waals surface area contributed by atoms with E-state index in [0.29, 0.717) is 19.1 Å². The molecule has 5 heteroatoms. The molecule has 0 unspecified atom stereocenters. The van der Waals surface area contributed by atoms with E-state index in [1.54, 1.807) is 0 Å². The Morgan fingerprint density at radius 2 is 2.22 bits per heavy atom. The lowest BCUT2D eigenvalue weighted by Gasteiger charge is -2.29. The Bertz CT molecular complexity index is 395. The van der Waals surface area contributed by atoms with Crippen LogP contribution >= 0.6 is 0 Å². The fourth-order valence-corrected chi connectivity index (χ4v) is 2.14. The van der Waals surface area contributed by atoms with Gasteiger partial charge in [0.25, 0.3) is 0 Å². The van der Waals surface area contributed by atoms with Crippen LogP contribution in [0.4, 0.5) is 0 Å². The Kier molecular flexibility index (Phi) is 4.38. The first-order valence-corrected chi connectivity index (χ1v) is 6.43. The Morgan fingerprint density at radius 1 is 1.50 bits per heavy atom. The number of amides is 1. The van der Waals surface area contributed by atoms with Crippen LogP contribution in [0, 0.1) is 6.92 Å². The molecule has 5 nitrogen and oxygen atoms in total. The van der Waals surface area contributed by atoms with Gasteiger partial charge in [-0.05, 0) is 31.9 Å². The number of hydrogen-bond acceptors (Lipinski definition) is 4. The first-order chi connectivity index (χ1) is 8.63. The molecule has 1 fully saturated rings. The van der Waals surface area contributed by atoms with E-state index in [4.69, 9.17) is 10.2 Å². The van der Waals surface area contributed by atoms with Crippen molar-refractivity contribution in [3.63, 3.8) is 0 Å². The van der Waals surface area contributed by atoms with E-state index in [2.05, 4.69) is 10.2 Å². The van der Waals surface area contributed by atoms with Gasteiger partial charge in [0.05, 0.1) is 13.1 Å². The average molecular weight is 251 g/mol. The van der Waals surface area contributed by atoms with E-state index in [1.807, 2.05) is 19.1 Å². The van der Waals surface area contributed by atoms with Crippen LogP contribution in [0.1, 0.15) is 24.4 Å². The van der Waals surface area contributed by atoms with Crippen molar-refractivity contribution < 1.29 is 9.21 Å². The molecule has 0 spiro atoms. The number of nitrogens with one attached hydrogen (secondary N) is 1. The Hall–Kier alpha value is -1.33. The van der Waals surface area contributed by atoms with Crippen LogP contribution in [-0.2, 0) is 11.3 Å². The van der Waals surface area contributed by atoms with Crippen molar-refractivity contribution in [2.45, 2.75) is 32.4 Å². The molecule has 0 aliphatic carbocycles. The standard InChI is InChI=1S/C13H21N3O2/c1-10-2-3-12(18-10)8-15-13(17)9-16-6-4-11(14)5-7-16/h2-3,11H,4-9,14H2,1H3,(H,15,17). The second kappa shape index (κ2) is 6.02. The number of rotatable bonds is 4. The third-order valence-electron chi connectivity index (χ3n) is 3.26. The molecule has 1 aromatic rings. The highest BCUT2D eigenvalue weighted by Crippen LogP contribution is 2.08. The Labute approximate surface area is 107 Å². The Balaban J connectivity index is 1.69. The molecule has 0 radical (unpaired) electrons. The first-order valence-electron chi connectivity index (χ1n) is 6.43. The second-order valence-corrected chi connectivity index (χ2v) is 4.90. The molecule has 1 saturated heterocycles. The molecular formula is C13H21N3O2. The molecule has 3 N–H and O–H groups in total. The van der Waals surface area contributed by atoms with Crippen LogP contribution in [0.25, 0.3) is 0 Å². The van der Waals surface area contributed by atoms with Crippen molar-refractivity contribution in [2.75, 3.05) is 19.6 Å². The van der Waals surface area contributed by atoms with Crippen LogP contribution < -0.4 is 11.1 Å². The number of aryl methyl sites for hydroxylation is 1. The molecule has 100 valence electrons. The predicted molar refractivity (Wildman–Crippen MR) is 68.9 cm³/mol. The summed E-state index contributed by atoms with van der Waals surface area (Å²) >= 11 is 0. The van der Waals surface area contributed by atoms with Crippen molar-refractivity contribution in [2.24, 2.45) is 5.73 Å². The SMILES string of the molecule is Cc1ccc(CNC(=O)CN2CCC(N)CC2)o1. The van der Waals surface area contributed by atoms with Crippen LogP contribution in [0.15, 0.2) is 16.5 Å². The number of carbonyl (C=O) groups excluding carboxylic acids is 1. The van der Waals surface area contributed by atoms with E-state index in [9.17, 15) is 4.79 Å². The summed E-state index contributed by atoms with van der Waals surface area (Å²) in [4.78, 5) is 13.9. The molecule has 0 bridgehead atoms. The summed E-state index contributed by atoms with van der Waals surface area (Å²) in [6.45, 7) is 4.62. The molecule has 0 saturated carbocycles. The topological polar surface area (TPSA) is 71.5 Å².